The summed E-state index contributed by atoms with van der Waals surface area (Å²) < 4.78 is 5.53. The second kappa shape index (κ2) is 4.99. The molecule has 0 radical (unpaired) electrons. The molecule has 0 fully saturated rings. The number of benzene rings is 1. The zero-order chi connectivity index (χ0) is 12.3. The van der Waals surface area contributed by atoms with E-state index in [-0.39, 0.29) is 11.8 Å². The van der Waals surface area contributed by atoms with Gasteiger partial charge in [0.15, 0.2) is 0 Å². The molecule has 0 aliphatic heterocycles. The van der Waals surface area contributed by atoms with Gasteiger partial charge in [0.2, 0.25) is 11.8 Å². The first-order chi connectivity index (χ1) is 8.19. The minimum absolute atomic E-state index is 0.247. The van der Waals surface area contributed by atoms with Crippen molar-refractivity contribution in [2.75, 3.05) is 5.43 Å². The molecule has 0 aliphatic carbocycles. The summed E-state index contributed by atoms with van der Waals surface area (Å²) in [4.78, 5) is 7.86. The molecular weight excluding hydrogens is 240 g/mol. The predicted octanol–water partition coefficient (Wildman–Crippen LogP) is 2.52. The van der Waals surface area contributed by atoms with Crippen LogP contribution in [-0.4, -0.2) is 9.97 Å². The van der Waals surface area contributed by atoms with Crippen LogP contribution in [-0.2, 0) is 0 Å². The second-order valence-electron chi connectivity index (χ2n) is 3.41. The average Bonchev–Trinajstić information content (AvgIpc) is 2.35. The SMILES string of the molecule is Cc1ccc(Oc2nc(NN)ncc2Cl)cc1. The van der Waals surface area contributed by atoms with Crippen molar-refractivity contribution in [2.45, 2.75) is 6.92 Å². The number of nitrogen functional groups attached to an aromatic ring is 1. The zero-order valence-electron chi connectivity index (χ0n) is 9.14. The number of nitrogens with two attached hydrogens (primary N) is 1. The van der Waals surface area contributed by atoms with E-state index in [1.54, 1.807) is 0 Å². The number of nitrogens with zero attached hydrogens (tertiary/aromatic N) is 2. The zero-order valence-corrected chi connectivity index (χ0v) is 9.90. The van der Waals surface area contributed by atoms with E-state index in [4.69, 9.17) is 22.2 Å². The molecule has 2 aromatic rings. The lowest BCUT2D eigenvalue weighted by Gasteiger charge is -2.07. The number of aromatic nitrogens is 2. The quantitative estimate of drug-likeness (QED) is 0.647. The topological polar surface area (TPSA) is 73.1 Å². The van der Waals surface area contributed by atoms with Crippen LogP contribution in [0, 0.1) is 6.92 Å². The number of nitrogens with one attached hydrogen (secondary N) is 1. The number of hydrazine groups is 1. The van der Waals surface area contributed by atoms with Crippen molar-refractivity contribution in [1.82, 2.24) is 9.97 Å². The highest BCUT2D eigenvalue weighted by Gasteiger charge is 2.07. The number of ether oxygens (including phenoxy) is 1. The molecule has 3 N–H and O–H groups in total. The van der Waals surface area contributed by atoms with Crippen molar-refractivity contribution in [3.8, 4) is 11.6 Å². The molecule has 0 amide bonds. The van der Waals surface area contributed by atoms with E-state index in [1.165, 1.54) is 6.20 Å². The molecule has 0 saturated carbocycles. The summed E-state index contributed by atoms with van der Waals surface area (Å²) in [5, 5.41) is 0.324. The third kappa shape index (κ3) is 2.83. The van der Waals surface area contributed by atoms with E-state index < -0.39 is 0 Å². The molecule has 1 aromatic heterocycles. The lowest BCUT2D eigenvalue weighted by atomic mass is 10.2. The Bertz CT molecular complexity index is 515. The summed E-state index contributed by atoms with van der Waals surface area (Å²) in [6.45, 7) is 2.00. The monoisotopic (exact) mass is 250 g/mol. The fourth-order valence-electron chi connectivity index (χ4n) is 1.21. The first kappa shape index (κ1) is 11.6. The minimum Gasteiger partial charge on any atom is -0.437 e. The highest BCUT2D eigenvalue weighted by Crippen LogP contribution is 2.27. The normalized spacial score (nSPS) is 10.1. The van der Waals surface area contributed by atoms with E-state index in [1.807, 2.05) is 31.2 Å². The molecule has 17 heavy (non-hydrogen) atoms. The molecule has 0 atom stereocenters. The highest BCUT2D eigenvalue weighted by atomic mass is 35.5. The van der Waals surface area contributed by atoms with Gasteiger partial charge in [-0.15, -0.1) is 0 Å². The lowest BCUT2D eigenvalue weighted by molar-refractivity contribution is 0.462. The van der Waals surface area contributed by atoms with E-state index in [0.717, 1.165) is 5.56 Å². The molecule has 5 nitrogen and oxygen atoms in total. The van der Waals surface area contributed by atoms with Crippen LogP contribution in [0.1, 0.15) is 5.56 Å². The molecule has 0 aliphatic rings. The van der Waals surface area contributed by atoms with Crippen molar-refractivity contribution in [1.29, 1.82) is 0 Å². The molecule has 0 bridgehead atoms. The summed E-state index contributed by atoms with van der Waals surface area (Å²) in [5.41, 5.74) is 3.48. The Balaban J connectivity index is 2.25. The van der Waals surface area contributed by atoms with Gasteiger partial charge in [0.05, 0.1) is 6.20 Å². The van der Waals surface area contributed by atoms with Crippen LogP contribution in [0.25, 0.3) is 0 Å². The van der Waals surface area contributed by atoms with Crippen molar-refractivity contribution in [2.24, 2.45) is 5.84 Å². The van der Waals surface area contributed by atoms with E-state index >= 15 is 0 Å². The van der Waals surface area contributed by atoms with Gasteiger partial charge in [-0.3, -0.25) is 5.43 Å². The summed E-state index contributed by atoms with van der Waals surface area (Å²) in [5.74, 6) is 6.37. The van der Waals surface area contributed by atoms with Crippen LogP contribution in [0.3, 0.4) is 0 Å². The van der Waals surface area contributed by atoms with E-state index in [9.17, 15) is 0 Å². The maximum Gasteiger partial charge on any atom is 0.243 e. The van der Waals surface area contributed by atoms with Crippen LogP contribution < -0.4 is 16.0 Å². The first-order valence-electron chi connectivity index (χ1n) is 4.92. The van der Waals surface area contributed by atoms with Crippen molar-refractivity contribution >= 4 is 17.5 Å². The maximum absolute atomic E-state index is 5.92. The van der Waals surface area contributed by atoms with Crippen LogP contribution in [0.4, 0.5) is 5.95 Å². The van der Waals surface area contributed by atoms with Crippen LogP contribution >= 0.6 is 11.6 Å². The van der Waals surface area contributed by atoms with Crippen molar-refractivity contribution in [3.05, 3.63) is 41.0 Å². The van der Waals surface area contributed by atoms with Gasteiger partial charge in [-0.25, -0.2) is 10.8 Å². The molecule has 1 heterocycles. The standard InChI is InChI=1S/C11H11ClN4O/c1-7-2-4-8(5-3-7)17-10-9(12)6-14-11(15-10)16-13/h2-6H,13H2,1H3,(H,14,15,16). The van der Waals surface area contributed by atoms with Crippen LogP contribution in [0.5, 0.6) is 11.6 Å². The Labute approximate surface area is 104 Å². The molecular formula is C11H11ClN4O. The predicted molar refractivity (Wildman–Crippen MR) is 66.1 cm³/mol. The van der Waals surface area contributed by atoms with Gasteiger partial charge in [0.1, 0.15) is 10.8 Å². The Hall–Kier alpha value is -1.85. The fraction of sp³-hybridized carbons (Fsp3) is 0.0909. The average molecular weight is 251 g/mol. The molecule has 88 valence electrons. The summed E-state index contributed by atoms with van der Waals surface area (Å²) >= 11 is 5.92. The fourth-order valence-corrected chi connectivity index (χ4v) is 1.34. The van der Waals surface area contributed by atoms with Gasteiger partial charge < -0.3 is 4.74 Å². The Morgan fingerprint density at radius 3 is 2.65 bits per heavy atom. The van der Waals surface area contributed by atoms with Crippen LogP contribution in [0.15, 0.2) is 30.5 Å². The summed E-state index contributed by atoms with van der Waals surface area (Å²) in [6.07, 6.45) is 1.42. The summed E-state index contributed by atoms with van der Waals surface area (Å²) in [7, 11) is 0. The van der Waals surface area contributed by atoms with E-state index in [0.29, 0.717) is 10.8 Å². The van der Waals surface area contributed by atoms with Gasteiger partial charge in [-0.2, -0.15) is 4.98 Å². The first-order valence-corrected chi connectivity index (χ1v) is 5.30. The Morgan fingerprint density at radius 2 is 2.00 bits per heavy atom. The lowest BCUT2D eigenvalue weighted by Crippen LogP contribution is -2.10. The number of anilines is 1. The number of aryl methyl sites for hydroxylation is 1. The molecule has 1 aromatic carbocycles. The third-order valence-corrected chi connectivity index (χ3v) is 2.34. The molecule has 6 heteroatoms. The van der Waals surface area contributed by atoms with Gasteiger partial charge in [-0.05, 0) is 19.1 Å². The van der Waals surface area contributed by atoms with Gasteiger partial charge in [0, 0.05) is 0 Å². The molecule has 2 rings (SSSR count). The summed E-state index contributed by atoms with van der Waals surface area (Å²) in [6, 6.07) is 7.55. The highest BCUT2D eigenvalue weighted by molar-refractivity contribution is 6.31. The smallest absolute Gasteiger partial charge is 0.243 e. The van der Waals surface area contributed by atoms with Gasteiger partial charge in [0.25, 0.3) is 0 Å². The van der Waals surface area contributed by atoms with Gasteiger partial charge in [-0.1, -0.05) is 29.3 Å². The number of hydrogen-bond donors (Lipinski definition) is 2. The molecule has 0 unspecified atom stereocenters. The second-order valence-corrected chi connectivity index (χ2v) is 3.81. The van der Waals surface area contributed by atoms with E-state index in [2.05, 4.69) is 15.4 Å². The Morgan fingerprint density at radius 1 is 1.29 bits per heavy atom. The number of hydrogen-bond acceptors (Lipinski definition) is 5. The molecule has 0 saturated heterocycles. The van der Waals surface area contributed by atoms with Crippen molar-refractivity contribution in [3.63, 3.8) is 0 Å². The minimum atomic E-state index is 0.247. The molecule has 0 spiro atoms. The maximum atomic E-state index is 5.92. The number of halogens is 1. The Kier molecular flexibility index (Phi) is 3.41. The third-order valence-electron chi connectivity index (χ3n) is 2.08. The van der Waals surface area contributed by atoms with Crippen LogP contribution in [0.2, 0.25) is 5.02 Å². The number of rotatable bonds is 3. The largest absolute Gasteiger partial charge is 0.437 e. The van der Waals surface area contributed by atoms with Crippen molar-refractivity contribution < 1.29 is 4.74 Å². The van der Waals surface area contributed by atoms with Gasteiger partial charge >= 0.3 is 0 Å².